The molecule has 4 aromatic rings. The van der Waals surface area contributed by atoms with E-state index in [1.165, 1.54) is 9.82 Å². The van der Waals surface area contributed by atoms with E-state index in [0.29, 0.717) is 25.8 Å². The van der Waals surface area contributed by atoms with Crippen LogP contribution in [0.3, 0.4) is 0 Å². The summed E-state index contributed by atoms with van der Waals surface area (Å²) in [5.41, 5.74) is 4.21. The predicted octanol–water partition coefficient (Wildman–Crippen LogP) is 5.43. The maximum absolute atomic E-state index is 13.2. The number of carbonyl (C=O) groups excluding carboxylic acids is 1. The van der Waals surface area contributed by atoms with E-state index in [1.54, 1.807) is 0 Å². The molecule has 0 aliphatic carbocycles. The molecule has 0 spiro atoms. The first-order valence-electron chi connectivity index (χ1n) is 12.8. The monoisotopic (exact) mass is 503 g/mol. The lowest BCUT2D eigenvalue weighted by Crippen LogP contribution is -2.44. The van der Waals surface area contributed by atoms with Crippen molar-refractivity contribution in [2.45, 2.75) is 39.2 Å². The number of piperidine rings is 1. The zero-order valence-corrected chi connectivity index (χ0v) is 21.5. The normalized spacial score (nSPS) is 17.0. The van der Waals surface area contributed by atoms with Gasteiger partial charge < -0.3 is 9.88 Å². The Bertz CT molecular complexity index is 1480. The molecule has 1 amide bonds. The Hall–Kier alpha value is -3.16. The molecular formula is C29H33N3O3S. The zero-order valence-electron chi connectivity index (χ0n) is 20.7. The number of benzene rings is 3. The summed E-state index contributed by atoms with van der Waals surface area (Å²) >= 11 is 0. The summed E-state index contributed by atoms with van der Waals surface area (Å²) in [6, 6.07) is 24.3. The van der Waals surface area contributed by atoms with Crippen LogP contribution in [0, 0.1) is 5.92 Å². The number of para-hydroxylation sites is 1. The van der Waals surface area contributed by atoms with Crippen LogP contribution in [0.1, 0.15) is 31.7 Å². The number of hydrogen-bond acceptors (Lipinski definition) is 3. The van der Waals surface area contributed by atoms with Gasteiger partial charge in [-0.25, -0.2) is 12.7 Å². The van der Waals surface area contributed by atoms with Crippen molar-refractivity contribution in [2.75, 3.05) is 24.2 Å². The van der Waals surface area contributed by atoms with Gasteiger partial charge in [0, 0.05) is 47.1 Å². The van der Waals surface area contributed by atoms with Gasteiger partial charge in [-0.2, -0.15) is 0 Å². The molecule has 1 aliphatic heterocycles. The third kappa shape index (κ3) is 5.04. The Kier molecular flexibility index (Phi) is 7.12. The number of nitrogens with one attached hydrogen (secondary N) is 1. The van der Waals surface area contributed by atoms with E-state index in [-0.39, 0.29) is 24.1 Å². The minimum atomic E-state index is -3.40. The van der Waals surface area contributed by atoms with Crippen LogP contribution in [-0.4, -0.2) is 42.0 Å². The average molecular weight is 504 g/mol. The molecule has 2 heterocycles. The molecule has 1 aromatic heterocycles. The quantitative estimate of drug-likeness (QED) is 0.349. The number of rotatable bonds is 8. The fourth-order valence-corrected chi connectivity index (χ4v) is 6.94. The first-order valence-corrected chi connectivity index (χ1v) is 14.4. The molecule has 7 heteroatoms. The lowest BCUT2D eigenvalue weighted by Gasteiger charge is -2.31. The first kappa shape index (κ1) is 24.5. The van der Waals surface area contributed by atoms with Crippen molar-refractivity contribution in [1.29, 1.82) is 0 Å². The molecule has 1 N–H and O–H groups in total. The summed E-state index contributed by atoms with van der Waals surface area (Å²) in [6.45, 7) is 3.73. The number of anilines is 1. The van der Waals surface area contributed by atoms with Crippen LogP contribution in [0.25, 0.3) is 21.8 Å². The Labute approximate surface area is 213 Å². The molecule has 3 aromatic carbocycles. The summed E-state index contributed by atoms with van der Waals surface area (Å²) in [6.07, 6.45) is 2.69. The van der Waals surface area contributed by atoms with Crippen LogP contribution in [0.15, 0.2) is 72.8 Å². The highest BCUT2D eigenvalue weighted by Crippen LogP contribution is 2.31. The van der Waals surface area contributed by atoms with E-state index in [4.69, 9.17) is 0 Å². The smallest absolute Gasteiger partial charge is 0.228 e. The molecule has 1 fully saturated rings. The van der Waals surface area contributed by atoms with Gasteiger partial charge in [0.2, 0.25) is 15.9 Å². The van der Waals surface area contributed by atoms with Gasteiger partial charge >= 0.3 is 0 Å². The maximum atomic E-state index is 13.2. The minimum absolute atomic E-state index is 0.106. The number of fused-ring (bicyclic) bond motifs is 3. The highest BCUT2D eigenvalue weighted by molar-refractivity contribution is 7.89. The van der Waals surface area contributed by atoms with Crippen molar-refractivity contribution >= 4 is 43.4 Å². The Morgan fingerprint density at radius 2 is 1.72 bits per heavy atom. The third-order valence-electron chi connectivity index (χ3n) is 7.22. The number of aryl methyl sites for hydroxylation is 2. The number of nitrogens with zero attached hydrogens (tertiary/aromatic N) is 2. The average Bonchev–Trinajstić information content (AvgIpc) is 3.22. The van der Waals surface area contributed by atoms with Crippen LogP contribution < -0.4 is 5.32 Å². The standard InChI is InChI=1S/C29H33N3O3S/c1-2-32-27-15-7-6-14-25(27)26-20-24(16-17-28(26)32)30-29(33)23-13-8-18-31(21-23)36(34,35)19-9-12-22-10-4-3-5-11-22/h3-7,10-11,14-17,20,23H,2,8-9,12-13,18-19,21H2,1H3,(H,30,33)/t23-/m1/s1. The van der Waals surface area contributed by atoms with E-state index in [9.17, 15) is 13.2 Å². The lowest BCUT2D eigenvalue weighted by atomic mass is 9.98. The summed E-state index contributed by atoms with van der Waals surface area (Å²) in [7, 11) is -3.40. The molecule has 1 saturated heterocycles. The van der Waals surface area contributed by atoms with Crippen LogP contribution in [0.2, 0.25) is 0 Å². The van der Waals surface area contributed by atoms with Gasteiger partial charge in [0.25, 0.3) is 0 Å². The zero-order chi connectivity index (χ0) is 25.1. The number of sulfonamides is 1. The molecule has 36 heavy (non-hydrogen) atoms. The largest absolute Gasteiger partial charge is 0.341 e. The fraction of sp³-hybridized carbons (Fsp3) is 0.345. The number of hydrogen-bond donors (Lipinski definition) is 1. The highest BCUT2D eigenvalue weighted by Gasteiger charge is 2.32. The van der Waals surface area contributed by atoms with Crippen molar-refractivity contribution in [3.8, 4) is 0 Å². The molecule has 0 unspecified atom stereocenters. The van der Waals surface area contributed by atoms with Gasteiger partial charge in [0.1, 0.15) is 0 Å². The molecule has 6 nitrogen and oxygen atoms in total. The first-order chi connectivity index (χ1) is 17.5. The van der Waals surface area contributed by atoms with Gasteiger partial charge in [0.15, 0.2) is 0 Å². The van der Waals surface area contributed by atoms with Gasteiger partial charge in [-0.3, -0.25) is 4.79 Å². The summed E-state index contributed by atoms with van der Waals surface area (Å²) in [5.74, 6) is -0.359. The Balaban J connectivity index is 1.25. The summed E-state index contributed by atoms with van der Waals surface area (Å²) < 4.78 is 29.8. The molecule has 0 saturated carbocycles. The summed E-state index contributed by atoms with van der Waals surface area (Å²) in [4.78, 5) is 13.2. The van der Waals surface area contributed by atoms with Crippen LogP contribution in [0.5, 0.6) is 0 Å². The van der Waals surface area contributed by atoms with Gasteiger partial charge in [-0.1, -0.05) is 48.5 Å². The van der Waals surface area contributed by atoms with E-state index in [0.717, 1.165) is 40.5 Å². The highest BCUT2D eigenvalue weighted by atomic mass is 32.2. The van der Waals surface area contributed by atoms with Gasteiger partial charge in [-0.05, 0) is 62.4 Å². The number of aromatic nitrogens is 1. The van der Waals surface area contributed by atoms with Crippen LogP contribution >= 0.6 is 0 Å². The molecule has 0 bridgehead atoms. The van der Waals surface area contributed by atoms with E-state index in [1.807, 2.05) is 54.6 Å². The second-order valence-corrected chi connectivity index (χ2v) is 11.7. The maximum Gasteiger partial charge on any atom is 0.228 e. The molecular weight excluding hydrogens is 470 g/mol. The lowest BCUT2D eigenvalue weighted by molar-refractivity contribution is -0.120. The number of carbonyl (C=O) groups is 1. The second-order valence-electron chi connectivity index (χ2n) is 9.58. The Morgan fingerprint density at radius 1 is 0.972 bits per heavy atom. The van der Waals surface area contributed by atoms with E-state index in [2.05, 4.69) is 35.0 Å². The molecule has 5 rings (SSSR count). The van der Waals surface area contributed by atoms with Gasteiger partial charge in [-0.15, -0.1) is 0 Å². The molecule has 1 aliphatic rings. The minimum Gasteiger partial charge on any atom is -0.341 e. The van der Waals surface area contributed by atoms with Gasteiger partial charge in [0.05, 0.1) is 11.7 Å². The van der Waals surface area contributed by atoms with Crippen molar-refractivity contribution in [3.63, 3.8) is 0 Å². The van der Waals surface area contributed by atoms with Crippen molar-refractivity contribution < 1.29 is 13.2 Å². The third-order valence-corrected chi connectivity index (χ3v) is 9.14. The Morgan fingerprint density at radius 3 is 2.53 bits per heavy atom. The van der Waals surface area contributed by atoms with Crippen molar-refractivity contribution in [1.82, 2.24) is 8.87 Å². The molecule has 0 radical (unpaired) electrons. The SMILES string of the molecule is CCn1c2ccccc2c2cc(NC(=O)[C@@H]3CCCN(S(=O)(=O)CCCc4ccccc4)C3)ccc21. The van der Waals surface area contributed by atoms with Crippen LogP contribution in [-0.2, 0) is 27.8 Å². The van der Waals surface area contributed by atoms with Crippen LogP contribution in [0.4, 0.5) is 5.69 Å². The molecule has 188 valence electrons. The fourth-order valence-electron chi connectivity index (χ4n) is 5.36. The van der Waals surface area contributed by atoms with Crippen molar-refractivity contribution in [2.24, 2.45) is 5.92 Å². The summed E-state index contributed by atoms with van der Waals surface area (Å²) in [5, 5.41) is 5.33. The van der Waals surface area contributed by atoms with E-state index >= 15 is 0 Å². The second kappa shape index (κ2) is 10.4. The topological polar surface area (TPSA) is 71.4 Å². The van der Waals surface area contributed by atoms with Crippen molar-refractivity contribution in [3.05, 3.63) is 78.4 Å². The predicted molar refractivity (Wildman–Crippen MR) is 147 cm³/mol. The number of amides is 1. The molecule has 1 atom stereocenters. The van der Waals surface area contributed by atoms with E-state index < -0.39 is 10.0 Å².